The summed E-state index contributed by atoms with van der Waals surface area (Å²) in [5, 5.41) is 29.5. The summed E-state index contributed by atoms with van der Waals surface area (Å²) < 4.78 is 48.8. The molecule has 10 aromatic rings. The van der Waals surface area contributed by atoms with Crippen molar-refractivity contribution in [2.45, 2.75) is 99.8 Å². The number of rotatable bonds is 14. The molecule has 390 valence electrons. The first-order chi connectivity index (χ1) is 36.0. The van der Waals surface area contributed by atoms with E-state index in [2.05, 4.69) is 139 Å². The largest absolute Gasteiger partial charge is 0.505 e. The summed E-state index contributed by atoms with van der Waals surface area (Å²) in [6, 6.07) is 49.8. The Morgan fingerprint density at radius 1 is 0.421 bits per heavy atom. The molecule has 0 saturated carbocycles. The number of nitrogens with zero attached hydrogens (tertiary/aromatic N) is 2. The lowest BCUT2D eigenvalue weighted by molar-refractivity contribution is 0.189. The third-order valence-corrected chi connectivity index (χ3v) is 14.8. The summed E-state index contributed by atoms with van der Waals surface area (Å²) in [4.78, 5) is 0. The number of aromatic nitrogens is 2. The Morgan fingerprint density at radius 3 is 1.05 bits per heavy atom. The van der Waals surface area contributed by atoms with Crippen molar-refractivity contribution in [2.24, 2.45) is 16.7 Å². The van der Waals surface area contributed by atoms with Crippen LogP contribution >= 0.6 is 0 Å². The van der Waals surface area contributed by atoms with E-state index >= 15 is 8.78 Å². The van der Waals surface area contributed by atoms with Gasteiger partial charge in [0, 0.05) is 49.7 Å². The maximum absolute atomic E-state index is 15.7. The van der Waals surface area contributed by atoms with Gasteiger partial charge in [0.05, 0.1) is 46.7 Å². The Labute approximate surface area is 446 Å². The third-order valence-electron chi connectivity index (χ3n) is 14.8. The fraction of sp³-hybridized carbons (Fsp3) is 0.294. The van der Waals surface area contributed by atoms with Gasteiger partial charge >= 0.3 is 0 Å². The number of aromatic hydroxyl groups is 2. The van der Waals surface area contributed by atoms with Crippen LogP contribution in [0.4, 0.5) is 8.78 Å². The maximum atomic E-state index is 15.7. The van der Waals surface area contributed by atoms with Crippen molar-refractivity contribution in [3.05, 3.63) is 180 Å². The molecule has 0 aliphatic carbocycles. The first-order valence-electron chi connectivity index (χ1n) is 26.6. The molecule has 0 unspecified atom stereocenters. The van der Waals surface area contributed by atoms with Gasteiger partial charge in [-0.05, 0) is 131 Å². The molecule has 10 rings (SSSR count). The van der Waals surface area contributed by atoms with Gasteiger partial charge in [-0.2, -0.15) is 0 Å². The van der Waals surface area contributed by atoms with Crippen LogP contribution in [-0.2, 0) is 10.8 Å². The topological polar surface area (TPSA) is 68.8 Å². The van der Waals surface area contributed by atoms with Gasteiger partial charge in [-0.15, -0.1) is 0 Å². The minimum Gasteiger partial charge on any atom is -0.505 e. The normalized spacial score (nSPS) is 12.7. The van der Waals surface area contributed by atoms with E-state index < -0.39 is 11.6 Å². The Hall–Kier alpha value is -7.58. The Morgan fingerprint density at radius 2 is 0.737 bits per heavy atom. The van der Waals surface area contributed by atoms with Crippen molar-refractivity contribution in [3.63, 3.8) is 0 Å². The summed E-state index contributed by atoms with van der Waals surface area (Å²) in [6.45, 7) is 24.6. The number of ether oxygens (including phenoxy) is 2. The second-order valence-corrected chi connectivity index (χ2v) is 24.8. The molecule has 2 N–H and O–H groups in total. The maximum Gasteiger partial charge on any atom is 0.147 e. The zero-order valence-corrected chi connectivity index (χ0v) is 45.8. The van der Waals surface area contributed by atoms with Crippen molar-refractivity contribution in [1.82, 2.24) is 9.13 Å². The Balaban J connectivity index is 1.01. The quantitative estimate of drug-likeness (QED) is 0.114. The summed E-state index contributed by atoms with van der Waals surface area (Å²) in [7, 11) is 0. The first-order valence-corrected chi connectivity index (χ1v) is 26.6. The molecule has 0 bridgehead atoms. The molecule has 6 nitrogen and oxygen atoms in total. The van der Waals surface area contributed by atoms with E-state index in [0.29, 0.717) is 45.1 Å². The summed E-state index contributed by atoms with van der Waals surface area (Å²) in [5.41, 5.74) is 7.99. The van der Waals surface area contributed by atoms with Crippen LogP contribution in [0, 0.1) is 28.4 Å². The highest BCUT2D eigenvalue weighted by Gasteiger charge is 2.33. The van der Waals surface area contributed by atoms with Crippen LogP contribution < -0.4 is 9.47 Å². The second-order valence-electron chi connectivity index (χ2n) is 24.8. The van der Waals surface area contributed by atoms with Gasteiger partial charge in [0.2, 0.25) is 0 Å². The lowest BCUT2D eigenvalue weighted by atomic mass is 9.71. The minimum absolute atomic E-state index is 0.00732. The van der Waals surface area contributed by atoms with Crippen LogP contribution in [-0.4, -0.2) is 32.6 Å². The number of hydrogen-bond acceptors (Lipinski definition) is 4. The molecule has 0 radical (unpaired) electrons. The van der Waals surface area contributed by atoms with Gasteiger partial charge in [0.1, 0.15) is 34.6 Å². The molecule has 0 aliphatic heterocycles. The highest BCUT2D eigenvalue weighted by molar-refractivity contribution is 6.10. The van der Waals surface area contributed by atoms with E-state index in [4.69, 9.17) is 9.47 Å². The summed E-state index contributed by atoms with van der Waals surface area (Å²) in [6.07, 6.45) is 1.69. The molecular formula is C68H70F2N2O4. The SMILES string of the molecule is CC(COc1ccc(F)cc1-c1cc(C(C)(C)CC(C)(C)C)cc(-n2c3ccccc3c3ccccc32)c1O)COc1ccc(F)cc1-c1cc(C(C)(C)CC(C)(C)C)cc(-n2c3ccccc3c3ccccc32)c1O. The van der Waals surface area contributed by atoms with Gasteiger partial charge in [-0.1, -0.05) is 149 Å². The van der Waals surface area contributed by atoms with Crippen LogP contribution in [0.15, 0.2) is 158 Å². The van der Waals surface area contributed by atoms with Crippen LogP contribution in [0.25, 0.3) is 77.2 Å². The molecule has 2 aromatic heterocycles. The van der Waals surface area contributed by atoms with Gasteiger partial charge in [0.15, 0.2) is 0 Å². The van der Waals surface area contributed by atoms with Gasteiger partial charge in [-0.3, -0.25) is 0 Å². The molecule has 0 atom stereocenters. The van der Waals surface area contributed by atoms with Crippen LogP contribution in [0.2, 0.25) is 0 Å². The molecule has 0 saturated heterocycles. The van der Waals surface area contributed by atoms with Crippen molar-refractivity contribution >= 4 is 43.6 Å². The number of benzene rings is 8. The van der Waals surface area contributed by atoms with E-state index in [1.54, 1.807) is 12.1 Å². The highest BCUT2D eigenvalue weighted by atomic mass is 19.1. The van der Waals surface area contributed by atoms with Crippen molar-refractivity contribution in [3.8, 4) is 56.6 Å². The van der Waals surface area contributed by atoms with Crippen LogP contribution in [0.1, 0.15) is 100 Å². The molecule has 0 fully saturated rings. The summed E-state index contributed by atoms with van der Waals surface area (Å²) in [5.74, 6) is -0.330. The standard InChI is InChI=1S/C68H70F2N2O4/c1-42(38-75-61-30-28-45(69)36-51(61)53-32-43(67(8,9)40-65(2,3)4)34-59(63(53)73)71-55-24-16-12-20-47(55)48-21-13-17-25-56(48)71)39-76-62-31-29-46(70)37-52(62)54-33-44(68(10,11)41-66(5,6)7)35-60(64(54)74)72-57-26-18-14-22-49(57)50-23-15-19-27-58(50)72/h12-37,42,73-74H,38-41H2,1-11H3. The van der Waals surface area contributed by atoms with E-state index in [1.807, 2.05) is 67.6 Å². The molecule has 8 aromatic carbocycles. The van der Waals surface area contributed by atoms with Crippen LogP contribution in [0.3, 0.4) is 0 Å². The number of para-hydroxylation sites is 4. The van der Waals surface area contributed by atoms with Crippen molar-refractivity contribution in [2.75, 3.05) is 13.2 Å². The third kappa shape index (κ3) is 10.0. The lowest BCUT2D eigenvalue weighted by Crippen LogP contribution is -2.25. The van der Waals surface area contributed by atoms with Gasteiger partial charge < -0.3 is 28.8 Å². The molecule has 2 heterocycles. The Bertz CT molecular complexity index is 3470. The smallest absolute Gasteiger partial charge is 0.147 e. The number of halogens is 2. The van der Waals surface area contributed by atoms with Crippen molar-refractivity contribution in [1.29, 1.82) is 0 Å². The fourth-order valence-electron chi connectivity index (χ4n) is 12.2. The molecule has 0 spiro atoms. The Kier molecular flexibility index (Phi) is 13.3. The van der Waals surface area contributed by atoms with E-state index in [9.17, 15) is 10.2 Å². The number of phenolic OH excluding ortho intramolecular Hbond substituents is 2. The molecule has 8 heteroatoms. The first kappa shape index (κ1) is 51.9. The summed E-state index contributed by atoms with van der Waals surface area (Å²) >= 11 is 0. The lowest BCUT2D eigenvalue weighted by Gasteiger charge is -2.34. The van der Waals surface area contributed by atoms with Crippen LogP contribution in [0.5, 0.6) is 23.0 Å². The van der Waals surface area contributed by atoms with E-state index in [1.165, 1.54) is 24.3 Å². The number of fused-ring (bicyclic) bond motifs is 6. The number of phenols is 2. The van der Waals surface area contributed by atoms with Gasteiger partial charge in [-0.25, -0.2) is 8.78 Å². The predicted molar refractivity (Wildman–Crippen MR) is 310 cm³/mol. The van der Waals surface area contributed by atoms with Crippen molar-refractivity contribution < 1.29 is 28.5 Å². The monoisotopic (exact) mass is 1020 g/mol. The molecule has 0 amide bonds. The molecule has 0 aliphatic rings. The highest BCUT2D eigenvalue weighted by Crippen LogP contribution is 2.49. The molecule has 76 heavy (non-hydrogen) atoms. The molecular weight excluding hydrogens is 947 g/mol. The average Bonchev–Trinajstić information content (AvgIpc) is 3.92. The van der Waals surface area contributed by atoms with Gasteiger partial charge in [0.25, 0.3) is 0 Å². The number of hydrogen-bond donors (Lipinski definition) is 2. The second kappa shape index (κ2) is 19.5. The zero-order valence-electron chi connectivity index (χ0n) is 45.8. The average molecular weight is 1020 g/mol. The predicted octanol–water partition coefficient (Wildman–Crippen LogP) is 18.4. The zero-order chi connectivity index (χ0) is 54.1. The fourth-order valence-corrected chi connectivity index (χ4v) is 12.2. The van der Waals surface area contributed by atoms with E-state index in [0.717, 1.165) is 67.6 Å². The van der Waals surface area contributed by atoms with E-state index in [-0.39, 0.29) is 52.3 Å². The minimum atomic E-state index is -0.463.